The fourth-order valence-electron chi connectivity index (χ4n) is 3.29. The van der Waals surface area contributed by atoms with Gasteiger partial charge in [-0.05, 0) is 37.1 Å². The van der Waals surface area contributed by atoms with Gasteiger partial charge in [0.25, 0.3) is 0 Å². The third-order valence-electron chi connectivity index (χ3n) is 4.40. The zero-order chi connectivity index (χ0) is 14.9. The lowest BCUT2D eigenvalue weighted by Crippen LogP contribution is -2.33. The Bertz CT molecular complexity index is 762. The topological polar surface area (TPSA) is 20.5 Å². The number of hydrogen-bond donors (Lipinski definition) is 0. The average Bonchev–Trinajstić information content (AvgIpc) is 3.13. The number of piperidine rings is 1. The Balaban J connectivity index is 1.62. The monoisotopic (exact) mass is 315 g/mol. The molecule has 114 valence electrons. The van der Waals surface area contributed by atoms with Crippen molar-refractivity contribution in [2.24, 2.45) is 0 Å². The number of imidazole rings is 1. The van der Waals surface area contributed by atoms with Crippen LogP contribution in [0.3, 0.4) is 0 Å². The zero-order valence-corrected chi connectivity index (χ0v) is 13.1. The maximum atomic E-state index is 13.1. The third kappa shape index (κ3) is 2.55. The van der Waals surface area contributed by atoms with Gasteiger partial charge in [0.1, 0.15) is 17.0 Å². The lowest BCUT2D eigenvalue weighted by molar-refractivity contribution is 0.138. The molecule has 1 aliphatic heterocycles. The molecule has 3 heterocycles. The van der Waals surface area contributed by atoms with Crippen LogP contribution in [0.2, 0.25) is 0 Å². The van der Waals surface area contributed by atoms with E-state index < -0.39 is 0 Å². The lowest BCUT2D eigenvalue weighted by Gasteiger charge is -2.34. The van der Waals surface area contributed by atoms with E-state index in [1.54, 1.807) is 23.5 Å². The summed E-state index contributed by atoms with van der Waals surface area (Å²) in [5, 5.41) is 2.10. The van der Waals surface area contributed by atoms with Crippen LogP contribution < -0.4 is 0 Å². The fraction of sp³-hybridized carbons (Fsp3) is 0.353. The van der Waals surface area contributed by atoms with Gasteiger partial charge in [-0.2, -0.15) is 0 Å². The minimum absolute atomic E-state index is 0.173. The normalized spacial score (nSPS) is 19.8. The first kappa shape index (κ1) is 13.9. The highest BCUT2D eigenvalue weighted by Gasteiger charge is 2.27. The smallest absolute Gasteiger partial charge is 0.124 e. The summed E-state index contributed by atoms with van der Waals surface area (Å²) >= 11 is 1.75. The summed E-state index contributed by atoms with van der Waals surface area (Å²) in [5.74, 6) is -0.173. The van der Waals surface area contributed by atoms with Gasteiger partial charge in [-0.15, -0.1) is 11.3 Å². The van der Waals surface area contributed by atoms with Gasteiger partial charge in [0.05, 0.1) is 11.7 Å². The van der Waals surface area contributed by atoms with E-state index in [1.165, 1.54) is 23.4 Å². The number of likely N-dealkylation sites (tertiary alicyclic amines) is 1. The molecule has 22 heavy (non-hydrogen) atoms. The molecule has 0 saturated carbocycles. The zero-order valence-electron chi connectivity index (χ0n) is 12.3. The molecule has 0 amide bonds. The summed E-state index contributed by atoms with van der Waals surface area (Å²) in [6.07, 6.45) is 7.58. The predicted octanol–water partition coefficient (Wildman–Crippen LogP) is 4.26. The van der Waals surface area contributed by atoms with Crippen LogP contribution in [0, 0.1) is 5.82 Å². The minimum atomic E-state index is -0.173. The molecule has 1 fully saturated rings. The molecule has 3 nitrogen and oxygen atoms in total. The van der Waals surface area contributed by atoms with Crippen molar-refractivity contribution in [2.45, 2.75) is 31.8 Å². The highest BCUT2D eigenvalue weighted by Crippen LogP contribution is 2.34. The molecule has 5 heteroatoms. The first-order valence-electron chi connectivity index (χ1n) is 7.70. The van der Waals surface area contributed by atoms with E-state index in [0.717, 1.165) is 25.1 Å². The van der Waals surface area contributed by atoms with Crippen LogP contribution in [0.1, 0.15) is 36.6 Å². The number of fused-ring (bicyclic) bond motifs is 1. The molecule has 1 unspecified atom stereocenters. The van der Waals surface area contributed by atoms with E-state index in [0.29, 0.717) is 6.04 Å². The van der Waals surface area contributed by atoms with Crippen molar-refractivity contribution in [1.29, 1.82) is 0 Å². The number of rotatable bonds is 3. The Morgan fingerprint density at radius 2 is 2.09 bits per heavy atom. The van der Waals surface area contributed by atoms with Gasteiger partial charge in [0.2, 0.25) is 0 Å². The molecule has 0 spiro atoms. The molecular formula is C17H18FN3S. The lowest BCUT2D eigenvalue weighted by atomic mass is 9.99. The Kier molecular flexibility index (Phi) is 3.68. The van der Waals surface area contributed by atoms with Crippen molar-refractivity contribution in [2.75, 3.05) is 6.54 Å². The molecule has 2 aromatic heterocycles. The first-order chi connectivity index (χ1) is 10.8. The van der Waals surface area contributed by atoms with E-state index >= 15 is 0 Å². The van der Waals surface area contributed by atoms with E-state index in [2.05, 4.69) is 25.9 Å². The van der Waals surface area contributed by atoms with E-state index in [-0.39, 0.29) is 5.82 Å². The van der Waals surface area contributed by atoms with Crippen molar-refractivity contribution in [1.82, 2.24) is 14.3 Å². The summed E-state index contributed by atoms with van der Waals surface area (Å²) in [4.78, 5) is 8.39. The molecule has 0 radical (unpaired) electrons. The maximum absolute atomic E-state index is 13.1. The number of nitrogens with zero attached hydrogens (tertiary/aromatic N) is 3. The molecular weight excluding hydrogens is 297 g/mol. The van der Waals surface area contributed by atoms with Crippen LogP contribution in [0.15, 0.2) is 42.2 Å². The average molecular weight is 315 g/mol. The van der Waals surface area contributed by atoms with Gasteiger partial charge in [0, 0.05) is 18.1 Å². The molecule has 4 rings (SSSR count). The second-order valence-electron chi connectivity index (χ2n) is 5.85. The second kappa shape index (κ2) is 5.82. The van der Waals surface area contributed by atoms with Crippen molar-refractivity contribution >= 4 is 16.2 Å². The Labute approximate surface area is 133 Å². The van der Waals surface area contributed by atoms with Crippen LogP contribution in [-0.4, -0.2) is 20.8 Å². The number of hydrogen-bond acceptors (Lipinski definition) is 3. The van der Waals surface area contributed by atoms with Crippen molar-refractivity contribution in [3.63, 3.8) is 0 Å². The van der Waals surface area contributed by atoms with Crippen molar-refractivity contribution in [3.05, 3.63) is 59.2 Å². The maximum Gasteiger partial charge on any atom is 0.124 e. The largest absolute Gasteiger partial charge is 0.297 e. The third-order valence-corrected chi connectivity index (χ3v) is 5.31. The Morgan fingerprint density at radius 3 is 2.95 bits per heavy atom. The Morgan fingerprint density at radius 1 is 1.23 bits per heavy atom. The van der Waals surface area contributed by atoms with Gasteiger partial charge in [0.15, 0.2) is 0 Å². The van der Waals surface area contributed by atoms with Crippen LogP contribution in [0.5, 0.6) is 0 Å². The van der Waals surface area contributed by atoms with Crippen LogP contribution in [0.4, 0.5) is 4.39 Å². The molecule has 0 N–H and O–H groups in total. The molecule has 1 atom stereocenters. The number of halogens is 1. The van der Waals surface area contributed by atoms with Crippen molar-refractivity contribution < 1.29 is 4.39 Å². The summed E-state index contributed by atoms with van der Waals surface area (Å²) < 4.78 is 15.2. The van der Waals surface area contributed by atoms with E-state index in [9.17, 15) is 4.39 Å². The molecule has 1 saturated heterocycles. The van der Waals surface area contributed by atoms with E-state index in [1.807, 2.05) is 18.5 Å². The van der Waals surface area contributed by atoms with Crippen LogP contribution in [-0.2, 0) is 6.54 Å². The molecule has 1 aliphatic rings. The van der Waals surface area contributed by atoms with Gasteiger partial charge in [-0.25, -0.2) is 9.37 Å². The molecule has 0 bridgehead atoms. The van der Waals surface area contributed by atoms with Crippen molar-refractivity contribution in [3.8, 4) is 0 Å². The van der Waals surface area contributed by atoms with Crippen LogP contribution >= 0.6 is 11.3 Å². The summed E-state index contributed by atoms with van der Waals surface area (Å²) in [6.45, 7) is 1.93. The molecule has 3 aromatic rings. The quantitative estimate of drug-likeness (QED) is 0.720. The molecule has 1 aromatic carbocycles. The molecule has 0 aliphatic carbocycles. The summed E-state index contributed by atoms with van der Waals surface area (Å²) in [5.41, 5.74) is 2.35. The Hall–Kier alpha value is -1.72. The van der Waals surface area contributed by atoms with Gasteiger partial charge in [-0.1, -0.05) is 18.6 Å². The predicted molar refractivity (Wildman–Crippen MR) is 86.5 cm³/mol. The summed E-state index contributed by atoms with van der Waals surface area (Å²) in [6, 6.07) is 7.22. The fourth-order valence-corrected chi connectivity index (χ4v) is 4.16. The minimum Gasteiger partial charge on any atom is -0.297 e. The van der Waals surface area contributed by atoms with E-state index in [4.69, 9.17) is 0 Å². The number of thiazole rings is 1. The van der Waals surface area contributed by atoms with Gasteiger partial charge in [-0.3, -0.25) is 9.30 Å². The summed E-state index contributed by atoms with van der Waals surface area (Å²) in [7, 11) is 0. The standard InChI is InChI=1S/C17H18FN3S/c18-14-6-4-13(5-7-14)11-20-8-2-1-3-15(20)16-17-21(12-19-16)9-10-22-17/h4-7,9-10,12,15H,1-3,8,11H2. The highest BCUT2D eigenvalue weighted by molar-refractivity contribution is 7.15. The second-order valence-corrected chi connectivity index (χ2v) is 6.75. The number of aromatic nitrogens is 2. The SMILES string of the molecule is Fc1ccc(CN2CCCCC2c2ncn3ccsc23)cc1. The van der Waals surface area contributed by atoms with Gasteiger partial charge >= 0.3 is 0 Å². The van der Waals surface area contributed by atoms with Gasteiger partial charge < -0.3 is 0 Å². The number of benzene rings is 1. The first-order valence-corrected chi connectivity index (χ1v) is 8.58. The van der Waals surface area contributed by atoms with Crippen LogP contribution in [0.25, 0.3) is 4.83 Å². The highest BCUT2D eigenvalue weighted by atomic mass is 32.1.